The highest BCUT2D eigenvalue weighted by Gasteiger charge is 2.17. The van der Waals surface area contributed by atoms with E-state index in [1.54, 1.807) is 49.4 Å². The Labute approximate surface area is 177 Å². The topological polar surface area (TPSA) is 71.8 Å². The molecular formula is C22H21BrN2O4. The van der Waals surface area contributed by atoms with E-state index in [1.807, 2.05) is 25.1 Å². The second-order valence-electron chi connectivity index (χ2n) is 6.58. The van der Waals surface area contributed by atoms with E-state index >= 15 is 0 Å². The van der Waals surface area contributed by atoms with Crippen molar-refractivity contribution in [2.75, 3.05) is 19.5 Å². The number of benzene rings is 2. The summed E-state index contributed by atoms with van der Waals surface area (Å²) < 4.78 is 11.4. The zero-order chi connectivity index (χ0) is 21.0. The number of carbonyl (C=O) groups excluding carboxylic acids is 2. The monoisotopic (exact) mass is 456 g/mol. The summed E-state index contributed by atoms with van der Waals surface area (Å²) in [7, 11) is 3.33. The average molecular weight is 457 g/mol. The highest BCUT2D eigenvalue weighted by atomic mass is 79.9. The van der Waals surface area contributed by atoms with Crippen LogP contribution in [0.1, 0.15) is 32.0 Å². The molecule has 3 aromatic rings. The zero-order valence-corrected chi connectivity index (χ0v) is 17.9. The highest BCUT2D eigenvalue weighted by molar-refractivity contribution is 9.10. The van der Waals surface area contributed by atoms with Gasteiger partial charge < -0.3 is 19.4 Å². The smallest absolute Gasteiger partial charge is 0.291 e. The van der Waals surface area contributed by atoms with Crippen LogP contribution in [0.2, 0.25) is 0 Å². The lowest BCUT2D eigenvalue weighted by atomic mass is 10.1. The lowest BCUT2D eigenvalue weighted by Crippen LogP contribution is -2.26. The molecule has 0 spiro atoms. The predicted octanol–water partition coefficient (Wildman–Crippen LogP) is 4.88. The van der Waals surface area contributed by atoms with Crippen molar-refractivity contribution < 1.29 is 18.7 Å². The Morgan fingerprint density at radius 3 is 2.66 bits per heavy atom. The normalized spacial score (nSPS) is 10.5. The van der Waals surface area contributed by atoms with Gasteiger partial charge in [-0.2, -0.15) is 0 Å². The van der Waals surface area contributed by atoms with Gasteiger partial charge in [-0.1, -0.05) is 22.0 Å². The number of rotatable bonds is 6. The molecule has 1 N–H and O–H groups in total. The minimum Gasteiger partial charge on any atom is -0.496 e. The van der Waals surface area contributed by atoms with Gasteiger partial charge in [-0.15, -0.1) is 0 Å². The van der Waals surface area contributed by atoms with Crippen LogP contribution in [0.25, 0.3) is 0 Å². The summed E-state index contributed by atoms with van der Waals surface area (Å²) in [6.07, 6.45) is 1.44. The predicted molar refractivity (Wildman–Crippen MR) is 114 cm³/mol. The minimum atomic E-state index is -0.366. The Balaban J connectivity index is 1.78. The molecule has 0 aliphatic rings. The summed E-state index contributed by atoms with van der Waals surface area (Å²) in [5.74, 6) is 0.388. The SMILES string of the molecule is COc1ccc(Br)cc1CN(C)C(=O)c1ccc(C)c(NC(=O)c2ccco2)c1. The molecule has 0 atom stereocenters. The molecule has 0 unspecified atom stereocenters. The second-order valence-corrected chi connectivity index (χ2v) is 7.49. The molecule has 2 amide bonds. The van der Waals surface area contributed by atoms with Crippen LogP contribution in [0, 0.1) is 6.92 Å². The fourth-order valence-electron chi connectivity index (χ4n) is 2.90. The summed E-state index contributed by atoms with van der Waals surface area (Å²) in [5.41, 5.74) is 2.77. The van der Waals surface area contributed by atoms with Gasteiger partial charge in [0, 0.05) is 34.9 Å². The van der Waals surface area contributed by atoms with Crippen LogP contribution >= 0.6 is 15.9 Å². The molecular weight excluding hydrogens is 436 g/mol. The number of nitrogens with one attached hydrogen (secondary N) is 1. The number of carbonyl (C=O) groups is 2. The van der Waals surface area contributed by atoms with Gasteiger partial charge in [0.25, 0.3) is 11.8 Å². The number of hydrogen-bond acceptors (Lipinski definition) is 4. The van der Waals surface area contributed by atoms with Crippen molar-refractivity contribution in [3.63, 3.8) is 0 Å². The molecule has 0 saturated heterocycles. The van der Waals surface area contributed by atoms with Gasteiger partial charge >= 0.3 is 0 Å². The maximum atomic E-state index is 13.0. The summed E-state index contributed by atoms with van der Waals surface area (Å²) in [4.78, 5) is 26.8. The number of amides is 2. The second kappa shape index (κ2) is 8.96. The van der Waals surface area contributed by atoms with E-state index in [0.29, 0.717) is 23.5 Å². The Morgan fingerprint density at radius 2 is 1.97 bits per heavy atom. The first kappa shape index (κ1) is 20.7. The number of furan rings is 1. The van der Waals surface area contributed by atoms with Crippen molar-refractivity contribution in [2.45, 2.75) is 13.5 Å². The first-order valence-electron chi connectivity index (χ1n) is 8.92. The number of nitrogens with zero attached hydrogens (tertiary/aromatic N) is 1. The van der Waals surface area contributed by atoms with Crippen LogP contribution < -0.4 is 10.1 Å². The molecule has 0 aliphatic heterocycles. The van der Waals surface area contributed by atoms with E-state index in [2.05, 4.69) is 21.2 Å². The van der Waals surface area contributed by atoms with Crippen molar-refractivity contribution in [1.29, 1.82) is 0 Å². The van der Waals surface area contributed by atoms with Crippen LogP contribution in [-0.4, -0.2) is 30.9 Å². The molecule has 150 valence electrons. The third-order valence-corrected chi connectivity index (χ3v) is 4.97. The maximum Gasteiger partial charge on any atom is 0.291 e. The number of ether oxygens (including phenoxy) is 1. The van der Waals surface area contributed by atoms with E-state index in [0.717, 1.165) is 15.6 Å². The largest absolute Gasteiger partial charge is 0.496 e. The summed E-state index contributed by atoms with van der Waals surface area (Å²) in [5, 5.41) is 2.79. The average Bonchev–Trinajstić information content (AvgIpc) is 3.24. The molecule has 2 aromatic carbocycles. The highest BCUT2D eigenvalue weighted by Crippen LogP contribution is 2.25. The summed E-state index contributed by atoms with van der Waals surface area (Å²) in [6, 6.07) is 14.1. The van der Waals surface area contributed by atoms with Crippen LogP contribution in [0.5, 0.6) is 5.75 Å². The molecule has 6 nitrogen and oxygen atoms in total. The van der Waals surface area contributed by atoms with E-state index < -0.39 is 0 Å². The van der Waals surface area contributed by atoms with Crippen LogP contribution in [0.4, 0.5) is 5.69 Å². The Morgan fingerprint density at radius 1 is 1.17 bits per heavy atom. The van der Waals surface area contributed by atoms with Crippen LogP contribution in [0.15, 0.2) is 63.7 Å². The molecule has 7 heteroatoms. The molecule has 0 bridgehead atoms. The number of methoxy groups -OCH3 is 1. The van der Waals surface area contributed by atoms with Crippen molar-refractivity contribution in [2.24, 2.45) is 0 Å². The van der Waals surface area contributed by atoms with Crippen LogP contribution in [0.3, 0.4) is 0 Å². The number of halogens is 1. The van der Waals surface area contributed by atoms with Crippen LogP contribution in [-0.2, 0) is 6.54 Å². The van der Waals surface area contributed by atoms with Gasteiger partial charge in [-0.3, -0.25) is 9.59 Å². The number of aryl methyl sites for hydroxylation is 1. The third-order valence-electron chi connectivity index (χ3n) is 4.47. The zero-order valence-electron chi connectivity index (χ0n) is 16.4. The molecule has 1 aromatic heterocycles. The number of hydrogen-bond donors (Lipinski definition) is 1. The Kier molecular flexibility index (Phi) is 6.39. The van der Waals surface area contributed by atoms with E-state index in [4.69, 9.17) is 9.15 Å². The van der Waals surface area contributed by atoms with Gasteiger partial charge in [0.1, 0.15) is 5.75 Å². The summed E-state index contributed by atoms with van der Waals surface area (Å²) >= 11 is 3.45. The standard InChI is InChI=1S/C22H21BrN2O4/c1-14-6-7-15(12-18(14)24-21(26)20-5-4-10-29-20)22(27)25(2)13-16-11-17(23)8-9-19(16)28-3/h4-12H,13H2,1-3H3,(H,24,26). The van der Waals surface area contributed by atoms with Gasteiger partial charge in [-0.05, 0) is 55.0 Å². The molecule has 0 fully saturated rings. The van der Waals surface area contributed by atoms with Gasteiger partial charge in [0.2, 0.25) is 0 Å². The first-order chi connectivity index (χ1) is 13.9. The minimum absolute atomic E-state index is 0.166. The molecule has 1 heterocycles. The fourth-order valence-corrected chi connectivity index (χ4v) is 3.31. The molecule has 3 rings (SSSR count). The lowest BCUT2D eigenvalue weighted by Gasteiger charge is -2.20. The van der Waals surface area contributed by atoms with Gasteiger partial charge in [-0.25, -0.2) is 0 Å². The Bertz CT molecular complexity index is 1030. The third kappa shape index (κ3) is 4.86. The molecule has 0 radical (unpaired) electrons. The molecule has 0 aliphatic carbocycles. The first-order valence-corrected chi connectivity index (χ1v) is 9.71. The van der Waals surface area contributed by atoms with E-state index in [9.17, 15) is 9.59 Å². The Hall–Kier alpha value is -3.06. The fraction of sp³-hybridized carbons (Fsp3) is 0.182. The van der Waals surface area contributed by atoms with Gasteiger partial charge in [0.05, 0.1) is 13.4 Å². The van der Waals surface area contributed by atoms with E-state index in [-0.39, 0.29) is 17.6 Å². The summed E-state index contributed by atoms with van der Waals surface area (Å²) in [6.45, 7) is 2.24. The lowest BCUT2D eigenvalue weighted by molar-refractivity contribution is 0.0784. The quantitative estimate of drug-likeness (QED) is 0.573. The number of anilines is 1. The van der Waals surface area contributed by atoms with Gasteiger partial charge in [0.15, 0.2) is 5.76 Å². The molecule has 29 heavy (non-hydrogen) atoms. The van der Waals surface area contributed by atoms with Crippen molar-refractivity contribution in [3.8, 4) is 5.75 Å². The van der Waals surface area contributed by atoms with Crippen molar-refractivity contribution in [1.82, 2.24) is 4.90 Å². The molecule has 0 saturated carbocycles. The van der Waals surface area contributed by atoms with Crippen molar-refractivity contribution in [3.05, 3.63) is 81.7 Å². The maximum absolute atomic E-state index is 13.0. The van der Waals surface area contributed by atoms with Crippen molar-refractivity contribution >= 4 is 33.4 Å². The van der Waals surface area contributed by atoms with E-state index in [1.165, 1.54) is 6.26 Å².